The SMILES string of the molecule is O=C(NCc1ccc2c(c1)OCO2)c1cccc(NC2CC2)n1. The van der Waals surface area contributed by atoms with Crippen LogP contribution in [0.15, 0.2) is 36.4 Å². The van der Waals surface area contributed by atoms with E-state index in [1.54, 1.807) is 6.07 Å². The van der Waals surface area contributed by atoms with E-state index in [-0.39, 0.29) is 12.7 Å². The molecule has 2 N–H and O–H groups in total. The van der Waals surface area contributed by atoms with Gasteiger partial charge in [-0.3, -0.25) is 4.79 Å². The average Bonchev–Trinajstić information content (AvgIpc) is 3.26. The van der Waals surface area contributed by atoms with Gasteiger partial charge in [-0.25, -0.2) is 4.98 Å². The molecule has 0 unspecified atom stereocenters. The van der Waals surface area contributed by atoms with Crippen LogP contribution in [0.2, 0.25) is 0 Å². The third-order valence-corrected chi connectivity index (χ3v) is 3.80. The van der Waals surface area contributed by atoms with E-state index >= 15 is 0 Å². The summed E-state index contributed by atoms with van der Waals surface area (Å²) in [5, 5.41) is 6.17. The molecule has 23 heavy (non-hydrogen) atoms. The lowest BCUT2D eigenvalue weighted by Crippen LogP contribution is -2.24. The first-order chi connectivity index (χ1) is 11.3. The summed E-state index contributed by atoms with van der Waals surface area (Å²) in [4.78, 5) is 16.6. The molecule has 1 aliphatic carbocycles. The number of benzene rings is 1. The number of rotatable bonds is 5. The van der Waals surface area contributed by atoms with Crippen LogP contribution in [0.3, 0.4) is 0 Å². The lowest BCUT2D eigenvalue weighted by Gasteiger charge is -2.08. The molecule has 118 valence electrons. The Morgan fingerprint density at radius 3 is 2.91 bits per heavy atom. The van der Waals surface area contributed by atoms with Gasteiger partial charge in [-0.1, -0.05) is 12.1 Å². The van der Waals surface area contributed by atoms with Crippen LogP contribution in [0.1, 0.15) is 28.9 Å². The number of nitrogens with zero attached hydrogens (tertiary/aromatic N) is 1. The smallest absolute Gasteiger partial charge is 0.270 e. The zero-order valence-corrected chi connectivity index (χ0v) is 12.5. The molecule has 2 heterocycles. The summed E-state index contributed by atoms with van der Waals surface area (Å²) in [6, 6.07) is 11.6. The Hall–Kier alpha value is -2.76. The number of aromatic nitrogens is 1. The summed E-state index contributed by atoms with van der Waals surface area (Å²) in [7, 11) is 0. The number of hydrogen-bond donors (Lipinski definition) is 2. The van der Waals surface area contributed by atoms with Crippen molar-refractivity contribution in [1.82, 2.24) is 10.3 Å². The van der Waals surface area contributed by atoms with Crippen LogP contribution in [0, 0.1) is 0 Å². The van der Waals surface area contributed by atoms with Crippen LogP contribution in [0.5, 0.6) is 11.5 Å². The summed E-state index contributed by atoms with van der Waals surface area (Å²) in [6.07, 6.45) is 2.34. The number of carbonyl (C=O) groups is 1. The molecule has 1 aromatic carbocycles. The third kappa shape index (κ3) is 3.21. The largest absolute Gasteiger partial charge is 0.454 e. The van der Waals surface area contributed by atoms with Gasteiger partial charge in [-0.2, -0.15) is 0 Å². The van der Waals surface area contributed by atoms with Crippen LogP contribution >= 0.6 is 0 Å². The minimum absolute atomic E-state index is 0.192. The first-order valence-corrected chi connectivity index (χ1v) is 7.68. The predicted molar refractivity (Wildman–Crippen MR) is 84.6 cm³/mol. The van der Waals surface area contributed by atoms with E-state index in [1.165, 1.54) is 12.8 Å². The second-order valence-corrected chi connectivity index (χ2v) is 5.70. The van der Waals surface area contributed by atoms with Crippen LogP contribution < -0.4 is 20.1 Å². The molecule has 6 heteroatoms. The highest BCUT2D eigenvalue weighted by molar-refractivity contribution is 5.92. The van der Waals surface area contributed by atoms with E-state index in [9.17, 15) is 4.79 Å². The molecule has 0 saturated heterocycles. The Balaban J connectivity index is 1.39. The number of pyridine rings is 1. The van der Waals surface area contributed by atoms with E-state index in [2.05, 4.69) is 15.6 Å². The fourth-order valence-electron chi connectivity index (χ4n) is 2.40. The first kappa shape index (κ1) is 13.9. The molecule has 1 amide bonds. The van der Waals surface area contributed by atoms with Crippen molar-refractivity contribution in [2.24, 2.45) is 0 Å². The topological polar surface area (TPSA) is 72.5 Å². The van der Waals surface area contributed by atoms with Crippen molar-refractivity contribution in [3.05, 3.63) is 47.7 Å². The van der Waals surface area contributed by atoms with Gasteiger partial charge in [0.25, 0.3) is 5.91 Å². The van der Waals surface area contributed by atoms with E-state index in [1.807, 2.05) is 30.3 Å². The van der Waals surface area contributed by atoms with Gasteiger partial charge in [0.1, 0.15) is 11.5 Å². The van der Waals surface area contributed by atoms with Crippen LogP contribution in [0.25, 0.3) is 0 Å². The molecular weight excluding hydrogens is 294 g/mol. The number of anilines is 1. The lowest BCUT2D eigenvalue weighted by molar-refractivity contribution is 0.0946. The quantitative estimate of drug-likeness (QED) is 0.886. The standard InChI is InChI=1S/C17H17N3O3/c21-17(13-2-1-3-16(20-13)19-12-5-6-12)18-9-11-4-7-14-15(8-11)23-10-22-14/h1-4,7-8,12H,5-6,9-10H2,(H,18,21)(H,19,20). The molecule has 4 rings (SSSR count). The van der Waals surface area contributed by atoms with Crippen molar-refractivity contribution in [3.8, 4) is 11.5 Å². The highest BCUT2D eigenvalue weighted by atomic mass is 16.7. The minimum atomic E-state index is -0.192. The van der Waals surface area contributed by atoms with E-state index in [0.29, 0.717) is 24.0 Å². The van der Waals surface area contributed by atoms with Crippen molar-refractivity contribution in [2.75, 3.05) is 12.1 Å². The molecule has 6 nitrogen and oxygen atoms in total. The highest BCUT2D eigenvalue weighted by Crippen LogP contribution is 2.32. The number of carbonyl (C=O) groups excluding carboxylic acids is 1. The minimum Gasteiger partial charge on any atom is -0.454 e. The van der Waals surface area contributed by atoms with Crippen molar-refractivity contribution in [1.29, 1.82) is 0 Å². The Bertz CT molecular complexity index is 744. The third-order valence-electron chi connectivity index (χ3n) is 3.80. The van der Waals surface area contributed by atoms with Crippen LogP contribution in [0.4, 0.5) is 5.82 Å². The molecular formula is C17H17N3O3. The first-order valence-electron chi connectivity index (χ1n) is 7.68. The molecule has 0 radical (unpaired) electrons. The van der Waals surface area contributed by atoms with Crippen molar-refractivity contribution < 1.29 is 14.3 Å². The Morgan fingerprint density at radius 2 is 2.04 bits per heavy atom. The summed E-state index contributed by atoms with van der Waals surface area (Å²) in [5.41, 5.74) is 1.37. The number of hydrogen-bond acceptors (Lipinski definition) is 5. The van der Waals surface area contributed by atoms with E-state index < -0.39 is 0 Å². The molecule has 0 bridgehead atoms. The van der Waals surface area contributed by atoms with Crippen molar-refractivity contribution >= 4 is 11.7 Å². The zero-order chi connectivity index (χ0) is 15.6. The molecule has 1 fully saturated rings. The van der Waals surface area contributed by atoms with E-state index in [4.69, 9.17) is 9.47 Å². The normalized spacial score (nSPS) is 15.3. The molecule has 1 aromatic heterocycles. The molecule has 0 spiro atoms. The summed E-state index contributed by atoms with van der Waals surface area (Å²) >= 11 is 0. The maximum atomic E-state index is 12.2. The van der Waals surface area contributed by atoms with Gasteiger partial charge in [0.15, 0.2) is 11.5 Å². The molecule has 2 aromatic rings. The molecule has 0 atom stereocenters. The molecule has 1 aliphatic heterocycles. The van der Waals surface area contributed by atoms with Crippen molar-refractivity contribution in [3.63, 3.8) is 0 Å². The van der Waals surface area contributed by atoms with Gasteiger partial charge < -0.3 is 20.1 Å². The highest BCUT2D eigenvalue weighted by Gasteiger charge is 2.21. The van der Waals surface area contributed by atoms with Gasteiger partial charge in [0.2, 0.25) is 6.79 Å². The second-order valence-electron chi connectivity index (χ2n) is 5.70. The van der Waals surface area contributed by atoms with Gasteiger partial charge in [0.05, 0.1) is 0 Å². The van der Waals surface area contributed by atoms with Gasteiger partial charge >= 0.3 is 0 Å². The summed E-state index contributed by atoms with van der Waals surface area (Å²) in [5.74, 6) is 2.01. The fourth-order valence-corrected chi connectivity index (χ4v) is 2.40. The summed E-state index contributed by atoms with van der Waals surface area (Å²) < 4.78 is 10.6. The van der Waals surface area contributed by atoms with Crippen LogP contribution in [-0.4, -0.2) is 23.7 Å². The number of fused-ring (bicyclic) bond motifs is 1. The number of nitrogens with one attached hydrogen (secondary N) is 2. The molecule has 1 saturated carbocycles. The number of ether oxygens (including phenoxy) is 2. The maximum absolute atomic E-state index is 12.2. The summed E-state index contributed by atoms with van der Waals surface area (Å²) in [6.45, 7) is 0.660. The number of amides is 1. The Labute approximate surface area is 133 Å². The monoisotopic (exact) mass is 311 g/mol. The fraction of sp³-hybridized carbons (Fsp3) is 0.294. The zero-order valence-electron chi connectivity index (χ0n) is 12.5. The maximum Gasteiger partial charge on any atom is 0.270 e. The Kier molecular flexibility index (Phi) is 3.49. The van der Waals surface area contributed by atoms with Crippen molar-refractivity contribution in [2.45, 2.75) is 25.4 Å². The predicted octanol–water partition coefficient (Wildman–Crippen LogP) is 2.31. The van der Waals surface area contributed by atoms with Gasteiger partial charge in [-0.05, 0) is 42.7 Å². The Morgan fingerprint density at radius 1 is 1.17 bits per heavy atom. The van der Waals surface area contributed by atoms with E-state index in [0.717, 1.165) is 17.1 Å². The van der Waals surface area contributed by atoms with Gasteiger partial charge in [0, 0.05) is 12.6 Å². The lowest BCUT2D eigenvalue weighted by atomic mass is 10.2. The molecule has 2 aliphatic rings. The van der Waals surface area contributed by atoms with Gasteiger partial charge in [-0.15, -0.1) is 0 Å². The van der Waals surface area contributed by atoms with Crippen LogP contribution in [-0.2, 0) is 6.54 Å². The second kappa shape index (κ2) is 5.79. The average molecular weight is 311 g/mol.